The number of carbonyl (C=O) groups is 1. The zero-order valence-electron chi connectivity index (χ0n) is 18.7. The number of amides is 1. The molecule has 0 bridgehead atoms. The lowest BCUT2D eigenvalue weighted by atomic mass is 9.96. The van der Waals surface area contributed by atoms with E-state index in [1.807, 2.05) is 43.3 Å². The number of carbonyl (C=O) groups excluding carboxylic acids is 1. The van der Waals surface area contributed by atoms with Crippen LogP contribution in [0.4, 0.5) is 5.69 Å². The average molecular weight is 400 g/mol. The van der Waals surface area contributed by atoms with E-state index in [-0.39, 0.29) is 12.0 Å². The van der Waals surface area contributed by atoms with Crippen molar-refractivity contribution in [3.63, 3.8) is 0 Å². The van der Waals surface area contributed by atoms with Gasteiger partial charge in [-0.1, -0.05) is 64.3 Å². The van der Waals surface area contributed by atoms with Gasteiger partial charge in [0.25, 0.3) is 5.91 Å². The van der Waals surface area contributed by atoms with Crippen LogP contribution in [-0.2, 0) is 9.53 Å². The number of rotatable bonds is 12. The zero-order valence-corrected chi connectivity index (χ0v) is 18.7. The van der Waals surface area contributed by atoms with Gasteiger partial charge < -0.3 is 14.8 Å². The van der Waals surface area contributed by atoms with E-state index in [1.54, 1.807) is 0 Å². The molecule has 0 spiro atoms. The van der Waals surface area contributed by atoms with E-state index in [9.17, 15) is 4.79 Å². The number of hydrogen-bond acceptors (Lipinski definition) is 3. The van der Waals surface area contributed by atoms with E-state index >= 15 is 0 Å². The van der Waals surface area contributed by atoms with Crippen LogP contribution in [0.15, 0.2) is 36.4 Å². The maximum atomic E-state index is 13.2. The van der Waals surface area contributed by atoms with Crippen molar-refractivity contribution in [2.75, 3.05) is 11.9 Å². The SMILES string of the molecule is CCCCC[C@](C)(OCCC)C(=O)Nc1ccc(O[C@@H](C)CC)c2ccccc12. The summed E-state index contributed by atoms with van der Waals surface area (Å²) in [4.78, 5) is 13.2. The maximum absolute atomic E-state index is 13.2. The van der Waals surface area contributed by atoms with Crippen molar-refractivity contribution in [3.8, 4) is 5.75 Å². The van der Waals surface area contributed by atoms with Crippen LogP contribution >= 0.6 is 0 Å². The van der Waals surface area contributed by atoms with Crippen molar-refractivity contribution in [1.29, 1.82) is 0 Å². The molecule has 2 aromatic rings. The van der Waals surface area contributed by atoms with Crippen LogP contribution in [-0.4, -0.2) is 24.2 Å². The van der Waals surface area contributed by atoms with Crippen molar-refractivity contribution < 1.29 is 14.3 Å². The molecule has 1 N–H and O–H groups in total. The van der Waals surface area contributed by atoms with E-state index in [4.69, 9.17) is 9.47 Å². The topological polar surface area (TPSA) is 47.6 Å². The second kappa shape index (κ2) is 11.2. The van der Waals surface area contributed by atoms with Crippen LogP contribution in [0.25, 0.3) is 10.8 Å². The first kappa shape index (κ1) is 23.2. The highest BCUT2D eigenvalue weighted by atomic mass is 16.5. The first-order valence-electron chi connectivity index (χ1n) is 11.1. The fraction of sp³-hybridized carbons (Fsp3) is 0.560. The van der Waals surface area contributed by atoms with Crippen molar-refractivity contribution in [1.82, 2.24) is 0 Å². The summed E-state index contributed by atoms with van der Waals surface area (Å²) < 4.78 is 12.1. The van der Waals surface area contributed by atoms with Gasteiger partial charge in [-0.05, 0) is 45.2 Å². The Balaban J connectivity index is 2.29. The van der Waals surface area contributed by atoms with Gasteiger partial charge in [0, 0.05) is 23.1 Å². The lowest BCUT2D eigenvalue weighted by Gasteiger charge is -2.29. The number of hydrogen-bond donors (Lipinski definition) is 1. The Hall–Kier alpha value is -2.07. The summed E-state index contributed by atoms with van der Waals surface area (Å²) in [5, 5.41) is 5.12. The normalized spacial score (nSPS) is 14.4. The van der Waals surface area contributed by atoms with Crippen molar-refractivity contribution in [2.45, 2.75) is 84.8 Å². The van der Waals surface area contributed by atoms with Crippen molar-refractivity contribution in [2.24, 2.45) is 0 Å². The molecule has 0 unspecified atom stereocenters. The molecule has 160 valence electrons. The lowest BCUT2D eigenvalue weighted by molar-refractivity contribution is -0.140. The van der Waals surface area contributed by atoms with Gasteiger partial charge in [-0.15, -0.1) is 0 Å². The second-order valence-corrected chi connectivity index (χ2v) is 7.98. The summed E-state index contributed by atoms with van der Waals surface area (Å²) in [7, 11) is 0. The Kier molecular flexibility index (Phi) is 8.97. The molecule has 2 rings (SSSR count). The molecule has 0 aromatic heterocycles. The van der Waals surface area contributed by atoms with Crippen LogP contribution in [0.3, 0.4) is 0 Å². The minimum absolute atomic E-state index is 0.0807. The standard InChI is InChI=1S/C25H37NO3/c1-6-9-12-17-25(5,28-18-7-2)24(27)26-22-15-16-23(29-19(4)8-3)21-14-11-10-13-20(21)22/h10-11,13-16,19H,6-9,12,17-18H2,1-5H3,(H,26,27)/t19-,25-/m0/s1. The predicted octanol–water partition coefficient (Wildman–Crippen LogP) is 6.72. The molecule has 2 atom stereocenters. The minimum atomic E-state index is -0.821. The van der Waals surface area contributed by atoms with E-state index < -0.39 is 5.60 Å². The number of nitrogens with one attached hydrogen (secondary N) is 1. The molecule has 0 fully saturated rings. The molecule has 0 radical (unpaired) electrons. The highest BCUT2D eigenvalue weighted by Crippen LogP contribution is 2.33. The third-order valence-electron chi connectivity index (χ3n) is 5.40. The molecule has 0 aliphatic rings. The molecule has 2 aromatic carbocycles. The highest BCUT2D eigenvalue weighted by Gasteiger charge is 2.34. The van der Waals surface area contributed by atoms with Gasteiger partial charge in [0.2, 0.25) is 0 Å². The molecular weight excluding hydrogens is 362 g/mol. The first-order chi connectivity index (χ1) is 13.9. The zero-order chi connectivity index (χ0) is 21.3. The molecule has 29 heavy (non-hydrogen) atoms. The summed E-state index contributed by atoms with van der Waals surface area (Å²) in [5.74, 6) is 0.767. The summed E-state index contributed by atoms with van der Waals surface area (Å²) in [6.45, 7) is 10.9. The van der Waals surface area contributed by atoms with E-state index in [0.29, 0.717) is 6.61 Å². The van der Waals surface area contributed by atoms with E-state index in [0.717, 1.165) is 60.7 Å². The molecule has 0 saturated carbocycles. The third kappa shape index (κ3) is 6.20. The Morgan fingerprint density at radius 2 is 1.76 bits per heavy atom. The molecule has 0 heterocycles. The summed E-state index contributed by atoms with van der Waals surface area (Å²) in [6, 6.07) is 11.9. The monoisotopic (exact) mass is 399 g/mol. The number of anilines is 1. The third-order valence-corrected chi connectivity index (χ3v) is 5.40. The molecular formula is C25H37NO3. The quantitative estimate of drug-likeness (QED) is 0.403. The molecule has 4 nitrogen and oxygen atoms in total. The van der Waals surface area contributed by atoms with Gasteiger partial charge >= 0.3 is 0 Å². The van der Waals surface area contributed by atoms with Crippen LogP contribution in [0.2, 0.25) is 0 Å². The first-order valence-corrected chi connectivity index (χ1v) is 11.1. The van der Waals surface area contributed by atoms with Crippen molar-refractivity contribution >= 4 is 22.4 Å². The lowest BCUT2D eigenvalue weighted by Crippen LogP contribution is -2.43. The van der Waals surface area contributed by atoms with Crippen LogP contribution in [0, 0.1) is 0 Å². The maximum Gasteiger partial charge on any atom is 0.256 e. The highest BCUT2D eigenvalue weighted by molar-refractivity contribution is 6.06. The van der Waals surface area contributed by atoms with Gasteiger partial charge in [0.05, 0.1) is 6.10 Å². The van der Waals surface area contributed by atoms with Gasteiger partial charge in [-0.3, -0.25) is 4.79 Å². The Labute approximate surface area is 176 Å². The number of ether oxygens (including phenoxy) is 2. The van der Waals surface area contributed by atoms with E-state index in [2.05, 4.69) is 33.0 Å². The minimum Gasteiger partial charge on any atom is -0.490 e. The number of benzene rings is 2. The summed E-state index contributed by atoms with van der Waals surface area (Å²) >= 11 is 0. The Morgan fingerprint density at radius 3 is 2.41 bits per heavy atom. The number of fused-ring (bicyclic) bond motifs is 1. The average Bonchev–Trinajstić information content (AvgIpc) is 2.74. The van der Waals surface area contributed by atoms with Gasteiger partial charge in [-0.25, -0.2) is 0 Å². The summed E-state index contributed by atoms with van der Waals surface area (Å²) in [5.41, 5.74) is -0.0260. The fourth-order valence-corrected chi connectivity index (χ4v) is 3.33. The van der Waals surface area contributed by atoms with Crippen LogP contribution in [0.5, 0.6) is 5.75 Å². The van der Waals surface area contributed by atoms with Crippen LogP contribution < -0.4 is 10.1 Å². The van der Waals surface area contributed by atoms with E-state index in [1.165, 1.54) is 0 Å². The molecule has 0 aliphatic heterocycles. The largest absolute Gasteiger partial charge is 0.490 e. The molecule has 0 saturated heterocycles. The summed E-state index contributed by atoms with van der Waals surface area (Å²) in [6.07, 6.45) is 5.89. The Morgan fingerprint density at radius 1 is 1.03 bits per heavy atom. The van der Waals surface area contributed by atoms with Gasteiger partial charge in [-0.2, -0.15) is 0 Å². The van der Waals surface area contributed by atoms with Crippen molar-refractivity contribution in [3.05, 3.63) is 36.4 Å². The van der Waals surface area contributed by atoms with Crippen LogP contribution in [0.1, 0.15) is 73.1 Å². The molecule has 4 heteroatoms. The second-order valence-electron chi connectivity index (χ2n) is 7.98. The number of unbranched alkanes of at least 4 members (excludes halogenated alkanes) is 2. The van der Waals surface area contributed by atoms with Gasteiger partial charge in [0.15, 0.2) is 0 Å². The smallest absolute Gasteiger partial charge is 0.256 e. The fourth-order valence-electron chi connectivity index (χ4n) is 3.33. The predicted molar refractivity (Wildman–Crippen MR) is 122 cm³/mol. The Bertz CT molecular complexity index is 789. The molecule has 0 aliphatic carbocycles. The van der Waals surface area contributed by atoms with Gasteiger partial charge in [0.1, 0.15) is 11.4 Å². The molecule has 1 amide bonds.